The van der Waals surface area contributed by atoms with E-state index in [0.29, 0.717) is 0 Å². The molecule has 2 unspecified atom stereocenters. The molecule has 0 radical (unpaired) electrons. The Morgan fingerprint density at radius 1 is 1.42 bits per heavy atom. The second kappa shape index (κ2) is 7.43. The Bertz CT molecular complexity index is 465. The van der Waals surface area contributed by atoms with E-state index in [4.69, 9.17) is 5.11 Å². The van der Waals surface area contributed by atoms with Gasteiger partial charge in [-0.1, -0.05) is 0 Å². The Kier molecular flexibility index (Phi) is 5.89. The SMILES string of the molecule is CC(O)OOC(=O)C(C)C(=C=O)Cc1ccncc1. The normalized spacial score (nSPS) is 13.2. The van der Waals surface area contributed by atoms with Crippen LogP contribution in [0.15, 0.2) is 30.1 Å². The molecule has 19 heavy (non-hydrogen) atoms. The molecule has 0 spiro atoms. The van der Waals surface area contributed by atoms with E-state index < -0.39 is 18.2 Å². The molecule has 2 atom stereocenters. The van der Waals surface area contributed by atoms with Crippen LogP contribution >= 0.6 is 0 Å². The van der Waals surface area contributed by atoms with Gasteiger partial charge in [0.15, 0.2) is 6.29 Å². The minimum Gasteiger partial charge on any atom is -0.365 e. The van der Waals surface area contributed by atoms with Crippen LogP contribution in [0, 0.1) is 5.92 Å². The summed E-state index contributed by atoms with van der Waals surface area (Å²) < 4.78 is 0. The maximum atomic E-state index is 11.6. The molecule has 0 saturated carbocycles. The monoisotopic (exact) mass is 265 g/mol. The summed E-state index contributed by atoms with van der Waals surface area (Å²) in [6, 6.07) is 3.48. The van der Waals surface area contributed by atoms with Gasteiger partial charge in [0, 0.05) is 24.4 Å². The van der Waals surface area contributed by atoms with Crippen LogP contribution in [0.5, 0.6) is 0 Å². The van der Waals surface area contributed by atoms with Crippen LogP contribution in [0.3, 0.4) is 0 Å². The van der Waals surface area contributed by atoms with Crippen molar-refractivity contribution in [3.63, 3.8) is 0 Å². The Labute approximate surface area is 110 Å². The molecule has 1 N–H and O–H groups in total. The lowest BCUT2D eigenvalue weighted by Gasteiger charge is -2.12. The van der Waals surface area contributed by atoms with Gasteiger partial charge < -0.3 is 5.11 Å². The van der Waals surface area contributed by atoms with E-state index >= 15 is 0 Å². The highest BCUT2D eigenvalue weighted by molar-refractivity contribution is 5.78. The standard InChI is InChI=1S/C13H15NO5/c1-9(13(17)19-18-10(2)16)12(8-15)7-11-3-5-14-6-4-11/h3-6,9-10,16H,7H2,1-2H3. The highest BCUT2D eigenvalue weighted by Crippen LogP contribution is 2.15. The summed E-state index contributed by atoms with van der Waals surface area (Å²) in [7, 11) is 0. The molecule has 102 valence electrons. The van der Waals surface area contributed by atoms with E-state index in [1.165, 1.54) is 13.8 Å². The van der Waals surface area contributed by atoms with Crippen molar-refractivity contribution in [3.8, 4) is 0 Å². The lowest BCUT2D eigenvalue weighted by molar-refractivity contribution is -0.338. The lowest BCUT2D eigenvalue weighted by Crippen LogP contribution is -2.21. The predicted molar refractivity (Wildman–Crippen MR) is 65.2 cm³/mol. The van der Waals surface area contributed by atoms with Gasteiger partial charge in [0.1, 0.15) is 5.94 Å². The van der Waals surface area contributed by atoms with Crippen molar-refractivity contribution in [1.82, 2.24) is 4.98 Å². The summed E-state index contributed by atoms with van der Waals surface area (Å²) in [6.45, 7) is 2.81. The third kappa shape index (κ3) is 5.01. The third-order valence-corrected chi connectivity index (χ3v) is 2.42. The zero-order valence-electron chi connectivity index (χ0n) is 10.7. The third-order valence-electron chi connectivity index (χ3n) is 2.42. The van der Waals surface area contributed by atoms with Crippen molar-refractivity contribution >= 4 is 11.9 Å². The van der Waals surface area contributed by atoms with Crippen LogP contribution in [-0.4, -0.2) is 28.3 Å². The largest absolute Gasteiger partial charge is 0.365 e. The molecule has 1 aromatic heterocycles. The Morgan fingerprint density at radius 2 is 2.05 bits per heavy atom. The molecule has 0 aromatic carbocycles. The summed E-state index contributed by atoms with van der Waals surface area (Å²) in [6.07, 6.45) is 2.24. The van der Waals surface area contributed by atoms with Gasteiger partial charge in [-0.05, 0) is 31.5 Å². The number of nitrogens with zero attached hydrogens (tertiary/aromatic N) is 1. The number of aliphatic hydroxyl groups excluding tert-OH is 1. The van der Waals surface area contributed by atoms with Crippen molar-refractivity contribution in [2.45, 2.75) is 26.6 Å². The molecule has 0 amide bonds. The molecule has 0 bridgehead atoms. The maximum Gasteiger partial charge on any atom is 0.350 e. The molecule has 0 aliphatic heterocycles. The van der Waals surface area contributed by atoms with Crippen molar-refractivity contribution in [3.05, 3.63) is 35.7 Å². The first kappa shape index (κ1) is 15.0. The number of hydrogen-bond donors (Lipinski definition) is 1. The van der Waals surface area contributed by atoms with Crippen molar-refractivity contribution in [2.24, 2.45) is 5.92 Å². The highest BCUT2D eigenvalue weighted by Gasteiger charge is 2.22. The maximum absolute atomic E-state index is 11.6. The highest BCUT2D eigenvalue weighted by atomic mass is 17.2. The van der Waals surface area contributed by atoms with Crippen LogP contribution < -0.4 is 0 Å². The van der Waals surface area contributed by atoms with E-state index in [1.54, 1.807) is 30.5 Å². The van der Waals surface area contributed by atoms with Crippen molar-refractivity contribution in [2.75, 3.05) is 0 Å². The number of rotatable bonds is 6. The van der Waals surface area contributed by atoms with Crippen LogP contribution in [0.1, 0.15) is 19.4 Å². The number of hydrogen-bond acceptors (Lipinski definition) is 6. The van der Waals surface area contributed by atoms with E-state index in [0.717, 1.165) is 5.56 Å². The predicted octanol–water partition coefficient (Wildman–Crippen LogP) is 0.831. The van der Waals surface area contributed by atoms with Gasteiger partial charge in [0.2, 0.25) is 0 Å². The first-order valence-corrected chi connectivity index (χ1v) is 5.72. The van der Waals surface area contributed by atoms with Crippen LogP contribution in [0.4, 0.5) is 0 Å². The van der Waals surface area contributed by atoms with E-state index in [2.05, 4.69) is 14.8 Å². The van der Waals surface area contributed by atoms with Crippen LogP contribution in [-0.2, 0) is 25.8 Å². The Balaban J connectivity index is 2.65. The number of carbonyl (C=O) groups is 1. The molecule has 6 nitrogen and oxygen atoms in total. The lowest BCUT2D eigenvalue weighted by atomic mass is 9.96. The quantitative estimate of drug-likeness (QED) is 0.355. The molecule has 0 saturated heterocycles. The second-order valence-electron chi connectivity index (χ2n) is 3.98. The summed E-state index contributed by atoms with van der Waals surface area (Å²) >= 11 is 0. The average molecular weight is 265 g/mol. The van der Waals surface area contributed by atoms with Gasteiger partial charge in [-0.25, -0.2) is 9.59 Å². The molecule has 0 aliphatic rings. The number of aliphatic hydroxyl groups is 1. The van der Waals surface area contributed by atoms with Gasteiger partial charge in [-0.15, -0.1) is 0 Å². The Hall–Kier alpha value is -2.01. The van der Waals surface area contributed by atoms with Gasteiger partial charge in [0.05, 0.1) is 5.92 Å². The first-order valence-electron chi connectivity index (χ1n) is 5.72. The Morgan fingerprint density at radius 3 is 2.58 bits per heavy atom. The van der Waals surface area contributed by atoms with E-state index in [-0.39, 0.29) is 12.0 Å². The van der Waals surface area contributed by atoms with Gasteiger partial charge in [0.25, 0.3) is 0 Å². The van der Waals surface area contributed by atoms with Crippen LogP contribution in [0.25, 0.3) is 0 Å². The minimum atomic E-state index is -1.22. The fraction of sp³-hybridized carbons (Fsp3) is 0.385. The average Bonchev–Trinajstić information content (AvgIpc) is 2.42. The number of pyridine rings is 1. The smallest absolute Gasteiger partial charge is 0.350 e. The molecule has 1 aromatic rings. The summed E-state index contributed by atoms with van der Waals surface area (Å²) in [5.74, 6) is 0.189. The van der Waals surface area contributed by atoms with Crippen molar-refractivity contribution in [1.29, 1.82) is 0 Å². The molecule has 0 aliphatic carbocycles. The number of carbonyl (C=O) groups excluding carboxylic acids is 2. The van der Waals surface area contributed by atoms with Crippen LogP contribution in [0.2, 0.25) is 0 Å². The van der Waals surface area contributed by atoms with E-state index in [1.807, 2.05) is 0 Å². The summed E-state index contributed by atoms with van der Waals surface area (Å²) in [5.41, 5.74) is 1.08. The van der Waals surface area contributed by atoms with Gasteiger partial charge in [-0.3, -0.25) is 9.87 Å². The summed E-state index contributed by atoms with van der Waals surface area (Å²) in [5, 5.41) is 8.82. The molecular formula is C13H15NO5. The zero-order chi connectivity index (χ0) is 14.3. The van der Waals surface area contributed by atoms with Gasteiger partial charge >= 0.3 is 5.97 Å². The molecule has 6 heteroatoms. The molecule has 1 heterocycles. The van der Waals surface area contributed by atoms with E-state index in [9.17, 15) is 9.59 Å². The fourth-order valence-electron chi connectivity index (χ4n) is 1.33. The fourth-order valence-corrected chi connectivity index (χ4v) is 1.33. The minimum absolute atomic E-state index is 0.241. The topological polar surface area (TPSA) is 85.7 Å². The molecule has 1 rings (SSSR count). The van der Waals surface area contributed by atoms with Crippen molar-refractivity contribution < 1.29 is 24.5 Å². The second-order valence-corrected chi connectivity index (χ2v) is 3.98. The molecule has 0 fully saturated rings. The zero-order valence-corrected chi connectivity index (χ0v) is 10.7. The molecular weight excluding hydrogens is 250 g/mol. The van der Waals surface area contributed by atoms with Gasteiger partial charge in [-0.2, -0.15) is 4.89 Å². The number of aromatic nitrogens is 1. The first-order chi connectivity index (χ1) is 9.04. The summed E-state index contributed by atoms with van der Waals surface area (Å²) in [4.78, 5) is 35.1.